The Morgan fingerprint density at radius 2 is 1.86 bits per heavy atom. The second kappa shape index (κ2) is 8.96. The van der Waals surface area contributed by atoms with Crippen molar-refractivity contribution < 1.29 is 23.1 Å². The van der Waals surface area contributed by atoms with Gasteiger partial charge >= 0.3 is 0 Å². The number of oxazole rings is 2. The predicted molar refractivity (Wildman–Crippen MR) is 125 cm³/mol. The fourth-order valence-electron chi connectivity index (χ4n) is 4.02. The summed E-state index contributed by atoms with van der Waals surface area (Å²) in [6.45, 7) is 6.06. The molecule has 2 fully saturated rings. The zero-order valence-electron chi connectivity index (χ0n) is 19.1. The van der Waals surface area contributed by atoms with Gasteiger partial charge in [0, 0.05) is 43.2 Å². The van der Waals surface area contributed by atoms with Crippen LogP contribution in [0.25, 0.3) is 22.7 Å². The molecule has 6 rings (SSSR count). The summed E-state index contributed by atoms with van der Waals surface area (Å²) in [4.78, 5) is 34.8. The van der Waals surface area contributed by atoms with Crippen LogP contribution in [0, 0.1) is 6.92 Å². The third-order valence-electron chi connectivity index (χ3n) is 5.81. The maximum Gasteiger partial charge on any atom is 0.300 e. The van der Waals surface area contributed by atoms with E-state index in [0.29, 0.717) is 80.8 Å². The fraction of sp³-hybridized carbons (Fsp3) is 0.348. The Bertz CT molecular complexity index is 1370. The molecular weight excluding hydrogens is 454 g/mol. The van der Waals surface area contributed by atoms with Gasteiger partial charge in [0.1, 0.15) is 13.0 Å². The van der Waals surface area contributed by atoms with Crippen molar-refractivity contribution in [1.82, 2.24) is 19.9 Å². The molecule has 6 heterocycles. The lowest BCUT2D eigenvalue weighted by Gasteiger charge is -2.24. The van der Waals surface area contributed by atoms with Crippen LogP contribution in [0.3, 0.4) is 0 Å². The van der Waals surface area contributed by atoms with Crippen molar-refractivity contribution in [1.29, 1.82) is 0 Å². The van der Waals surface area contributed by atoms with Crippen LogP contribution >= 0.6 is 0 Å². The molecule has 0 bridgehead atoms. The van der Waals surface area contributed by atoms with E-state index in [1.807, 2.05) is 22.8 Å². The number of pyridine rings is 2. The quantitative estimate of drug-likeness (QED) is 0.454. The first-order valence-electron chi connectivity index (χ1n) is 11.3. The van der Waals surface area contributed by atoms with Crippen molar-refractivity contribution in [3.8, 4) is 11.5 Å². The van der Waals surface area contributed by atoms with Crippen molar-refractivity contribution in [2.24, 2.45) is 0 Å². The molecule has 0 spiro atoms. The normalized spacial score (nSPS) is 16.3. The standard InChI is InChI=1S/C23H23N7O5/c1-14-10-15(2-3-24-14)22-26-17(12-34-22)21(31)25-16-11-18-19(27-20(16)30-6-9-33-13-30)28-23(35-18)29-4-7-32-8-5-29/h2-3,10-12H,4-9,13H2,1H3,(H,25,31). The average Bonchev–Trinajstić information content (AvgIpc) is 3.65. The molecule has 0 unspecified atom stereocenters. The van der Waals surface area contributed by atoms with Gasteiger partial charge < -0.3 is 33.4 Å². The number of rotatable bonds is 5. The number of nitrogens with zero attached hydrogens (tertiary/aromatic N) is 6. The molecule has 2 saturated heterocycles. The van der Waals surface area contributed by atoms with E-state index in [0.717, 1.165) is 11.3 Å². The lowest BCUT2D eigenvalue weighted by Crippen LogP contribution is -2.36. The van der Waals surface area contributed by atoms with Crippen molar-refractivity contribution >= 4 is 34.7 Å². The van der Waals surface area contributed by atoms with E-state index in [9.17, 15) is 4.79 Å². The molecule has 0 aromatic carbocycles. The number of hydrogen-bond acceptors (Lipinski definition) is 11. The minimum atomic E-state index is -0.429. The van der Waals surface area contributed by atoms with Crippen LogP contribution in [0.1, 0.15) is 16.2 Å². The lowest BCUT2D eigenvalue weighted by molar-refractivity contribution is 0.102. The number of ether oxygens (including phenoxy) is 2. The number of carbonyl (C=O) groups excluding carboxylic acids is 1. The first-order chi connectivity index (χ1) is 17.1. The molecule has 12 nitrogen and oxygen atoms in total. The molecule has 0 saturated carbocycles. The second-order valence-electron chi connectivity index (χ2n) is 8.26. The van der Waals surface area contributed by atoms with Crippen LogP contribution in [-0.4, -0.2) is 72.0 Å². The Labute approximate surface area is 199 Å². The van der Waals surface area contributed by atoms with Crippen molar-refractivity contribution in [2.75, 3.05) is 61.3 Å². The van der Waals surface area contributed by atoms with Gasteiger partial charge in [0.25, 0.3) is 11.9 Å². The van der Waals surface area contributed by atoms with Crippen LogP contribution in [0.4, 0.5) is 17.5 Å². The Morgan fingerprint density at radius 3 is 2.66 bits per heavy atom. The highest BCUT2D eigenvalue weighted by atomic mass is 16.5. The Morgan fingerprint density at radius 1 is 1.03 bits per heavy atom. The minimum Gasteiger partial charge on any atom is -0.444 e. The highest BCUT2D eigenvalue weighted by molar-refractivity contribution is 6.05. The van der Waals surface area contributed by atoms with Gasteiger partial charge in [-0.15, -0.1) is 0 Å². The van der Waals surface area contributed by atoms with Crippen LogP contribution in [-0.2, 0) is 9.47 Å². The highest BCUT2D eigenvalue weighted by Crippen LogP contribution is 2.32. The van der Waals surface area contributed by atoms with Gasteiger partial charge in [-0.2, -0.15) is 4.98 Å². The Kier molecular flexibility index (Phi) is 5.51. The Balaban J connectivity index is 1.31. The van der Waals surface area contributed by atoms with Crippen LogP contribution < -0.4 is 15.1 Å². The predicted octanol–water partition coefficient (Wildman–Crippen LogP) is 2.46. The largest absolute Gasteiger partial charge is 0.444 e. The summed E-state index contributed by atoms with van der Waals surface area (Å²) in [5.74, 6) is 0.465. The van der Waals surface area contributed by atoms with E-state index < -0.39 is 5.91 Å². The average molecular weight is 477 g/mol. The molecule has 0 atom stereocenters. The fourth-order valence-corrected chi connectivity index (χ4v) is 4.02. The van der Waals surface area contributed by atoms with E-state index in [2.05, 4.69) is 20.3 Å². The van der Waals surface area contributed by atoms with Crippen molar-refractivity contribution in [3.63, 3.8) is 0 Å². The molecule has 0 aliphatic carbocycles. The molecule has 12 heteroatoms. The van der Waals surface area contributed by atoms with Crippen LogP contribution in [0.5, 0.6) is 0 Å². The number of anilines is 3. The van der Waals surface area contributed by atoms with Crippen LogP contribution in [0.2, 0.25) is 0 Å². The molecule has 4 aromatic heterocycles. The number of nitrogens with one attached hydrogen (secondary N) is 1. The smallest absolute Gasteiger partial charge is 0.300 e. The highest BCUT2D eigenvalue weighted by Gasteiger charge is 2.25. The van der Waals surface area contributed by atoms with Gasteiger partial charge in [0.05, 0.1) is 25.5 Å². The van der Waals surface area contributed by atoms with Crippen LogP contribution in [0.15, 0.2) is 39.5 Å². The number of amides is 1. The van der Waals surface area contributed by atoms with Gasteiger partial charge in [-0.25, -0.2) is 9.97 Å². The Hall–Kier alpha value is -4.03. The molecule has 1 N–H and O–H groups in total. The third kappa shape index (κ3) is 4.29. The zero-order valence-corrected chi connectivity index (χ0v) is 19.1. The van der Waals surface area contributed by atoms with E-state index in [1.165, 1.54) is 6.26 Å². The topological polar surface area (TPSA) is 132 Å². The number of fused-ring (bicyclic) bond motifs is 1. The number of aromatic nitrogens is 4. The molecule has 1 amide bonds. The first-order valence-corrected chi connectivity index (χ1v) is 11.3. The van der Waals surface area contributed by atoms with Gasteiger partial charge in [0.15, 0.2) is 17.1 Å². The molecule has 180 valence electrons. The molecular formula is C23H23N7O5. The van der Waals surface area contributed by atoms with E-state index in [-0.39, 0.29) is 5.69 Å². The molecule has 0 radical (unpaired) electrons. The summed E-state index contributed by atoms with van der Waals surface area (Å²) in [6.07, 6.45) is 3.00. The first kappa shape index (κ1) is 21.5. The van der Waals surface area contributed by atoms with Gasteiger partial charge in [0.2, 0.25) is 11.5 Å². The molecule has 4 aromatic rings. The molecule has 35 heavy (non-hydrogen) atoms. The summed E-state index contributed by atoms with van der Waals surface area (Å²) in [6, 6.07) is 5.83. The van der Waals surface area contributed by atoms with Gasteiger partial charge in [-0.3, -0.25) is 9.78 Å². The maximum absolute atomic E-state index is 13.1. The van der Waals surface area contributed by atoms with E-state index in [1.54, 1.807) is 18.3 Å². The van der Waals surface area contributed by atoms with Crippen molar-refractivity contribution in [3.05, 3.63) is 42.0 Å². The van der Waals surface area contributed by atoms with E-state index >= 15 is 0 Å². The summed E-state index contributed by atoms with van der Waals surface area (Å²) < 4.78 is 22.4. The zero-order chi connectivity index (χ0) is 23.8. The van der Waals surface area contributed by atoms with E-state index in [4.69, 9.17) is 23.3 Å². The summed E-state index contributed by atoms with van der Waals surface area (Å²) in [5.41, 5.74) is 3.12. The third-order valence-corrected chi connectivity index (χ3v) is 5.81. The number of hydrogen-bond donors (Lipinski definition) is 1. The summed E-state index contributed by atoms with van der Waals surface area (Å²) in [5, 5.41) is 2.91. The summed E-state index contributed by atoms with van der Waals surface area (Å²) in [7, 11) is 0. The second-order valence-corrected chi connectivity index (χ2v) is 8.26. The van der Waals surface area contributed by atoms with Gasteiger partial charge in [-0.1, -0.05) is 0 Å². The SMILES string of the molecule is Cc1cc(-c2nc(C(=O)Nc3cc4oc(N5CCOCC5)nc4nc3N3CCOC3)co2)ccn1. The monoisotopic (exact) mass is 477 g/mol. The molecule has 2 aliphatic rings. The lowest BCUT2D eigenvalue weighted by atomic mass is 10.2. The summed E-state index contributed by atoms with van der Waals surface area (Å²) >= 11 is 0. The number of morpholine rings is 1. The van der Waals surface area contributed by atoms with Crippen molar-refractivity contribution in [2.45, 2.75) is 6.92 Å². The minimum absolute atomic E-state index is 0.143. The van der Waals surface area contributed by atoms with Gasteiger partial charge in [-0.05, 0) is 19.1 Å². The number of carbonyl (C=O) groups is 1. The maximum atomic E-state index is 13.1. The molecule has 2 aliphatic heterocycles. The number of aryl methyl sites for hydroxylation is 1.